The highest BCUT2D eigenvalue weighted by Crippen LogP contribution is 2.24. The maximum Gasteiger partial charge on any atom is 0.267 e. The average molecular weight is 297 g/mol. The fourth-order valence-corrected chi connectivity index (χ4v) is 1.93. The Hall–Kier alpha value is -1.59. The molecule has 0 saturated heterocycles. The van der Waals surface area contributed by atoms with Crippen molar-refractivity contribution in [3.05, 3.63) is 41.0 Å². The Morgan fingerprint density at radius 1 is 1.45 bits per heavy atom. The Bertz CT molecular complexity index is 559. The fourth-order valence-electron chi connectivity index (χ4n) is 1.75. The summed E-state index contributed by atoms with van der Waals surface area (Å²) >= 11 is 5.89. The molecule has 2 unspecified atom stereocenters. The summed E-state index contributed by atoms with van der Waals surface area (Å²) in [6, 6.07) is 7.08. The van der Waals surface area contributed by atoms with Crippen molar-refractivity contribution in [3.8, 4) is 5.75 Å². The highest BCUT2D eigenvalue weighted by Gasteiger charge is 2.19. The van der Waals surface area contributed by atoms with Crippen molar-refractivity contribution in [2.75, 3.05) is 0 Å². The second-order valence-electron chi connectivity index (χ2n) is 4.51. The van der Waals surface area contributed by atoms with E-state index in [0.717, 1.165) is 6.42 Å². The molecule has 0 fully saturated rings. The van der Waals surface area contributed by atoms with E-state index in [2.05, 4.69) is 10.1 Å². The average Bonchev–Trinajstić information content (AvgIpc) is 2.88. The summed E-state index contributed by atoms with van der Waals surface area (Å²) in [6.07, 6.45) is 0.335. The zero-order valence-corrected chi connectivity index (χ0v) is 12.2. The predicted molar refractivity (Wildman–Crippen MR) is 74.7 cm³/mol. The summed E-state index contributed by atoms with van der Waals surface area (Å²) in [4.78, 5) is 4.16. The van der Waals surface area contributed by atoms with Crippen molar-refractivity contribution >= 4 is 11.6 Å². The summed E-state index contributed by atoms with van der Waals surface area (Å²) < 4.78 is 10.8. The Morgan fingerprint density at radius 2 is 2.25 bits per heavy atom. The van der Waals surface area contributed by atoms with Crippen LogP contribution in [0.1, 0.15) is 50.6 Å². The lowest BCUT2D eigenvalue weighted by Gasteiger charge is -2.10. The van der Waals surface area contributed by atoms with Crippen LogP contribution in [0.3, 0.4) is 0 Å². The van der Waals surface area contributed by atoms with Gasteiger partial charge < -0.3 is 14.4 Å². The molecule has 0 radical (unpaired) electrons. The maximum atomic E-state index is 9.80. The molecule has 0 aliphatic carbocycles. The molecule has 2 aromatic rings. The third-order valence-corrected chi connectivity index (χ3v) is 3.01. The maximum absolute atomic E-state index is 9.80. The highest BCUT2D eigenvalue weighted by molar-refractivity contribution is 6.30. The molecule has 1 heterocycles. The Kier molecular flexibility index (Phi) is 4.98. The van der Waals surface area contributed by atoms with Gasteiger partial charge in [0.25, 0.3) is 5.89 Å². The Balaban J connectivity index is 2.04. The predicted octanol–water partition coefficient (Wildman–Crippen LogP) is 3.70. The van der Waals surface area contributed by atoms with Gasteiger partial charge in [0, 0.05) is 5.02 Å². The molecular weight excluding hydrogens is 280 g/mol. The van der Waals surface area contributed by atoms with Crippen molar-refractivity contribution in [3.63, 3.8) is 0 Å². The van der Waals surface area contributed by atoms with Gasteiger partial charge in [0.05, 0.1) is 0 Å². The summed E-state index contributed by atoms with van der Waals surface area (Å²) in [5.41, 5.74) is 0. The summed E-state index contributed by atoms with van der Waals surface area (Å²) in [7, 11) is 0. The van der Waals surface area contributed by atoms with Gasteiger partial charge in [0.1, 0.15) is 11.9 Å². The molecule has 108 valence electrons. The molecular formula is C14H17ClN2O3. The first kappa shape index (κ1) is 14.8. The number of aromatic nitrogens is 2. The molecule has 0 aliphatic heterocycles. The van der Waals surface area contributed by atoms with E-state index in [9.17, 15) is 5.11 Å². The quantitative estimate of drug-likeness (QED) is 0.880. The van der Waals surface area contributed by atoms with Gasteiger partial charge in [0.2, 0.25) is 0 Å². The van der Waals surface area contributed by atoms with Crippen LogP contribution in [0, 0.1) is 0 Å². The third kappa shape index (κ3) is 3.71. The second kappa shape index (κ2) is 6.72. The van der Waals surface area contributed by atoms with Crippen LogP contribution in [-0.2, 0) is 0 Å². The topological polar surface area (TPSA) is 68.4 Å². The number of halogens is 1. The van der Waals surface area contributed by atoms with E-state index in [1.54, 1.807) is 31.2 Å². The number of nitrogens with zero attached hydrogens (tertiary/aromatic N) is 2. The van der Waals surface area contributed by atoms with Gasteiger partial charge in [-0.25, -0.2) is 0 Å². The lowest BCUT2D eigenvalue weighted by atomic mass is 10.2. The van der Waals surface area contributed by atoms with E-state index in [-0.39, 0.29) is 0 Å². The van der Waals surface area contributed by atoms with Gasteiger partial charge in [-0.1, -0.05) is 36.2 Å². The first-order chi connectivity index (χ1) is 9.60. The van der Waals surface area contributed by atoms with Crippen LogP contribution in [-0.4, -0.2) is 15.2 Å². The van der Waals surface area contributed by atoms with Crippen LogP contribution in [0.4, 0.5) is 0 Å². The Labute approximate surface area is 122 Å². The monoisotopic (exact) mass is 296 g/mol. The van der Waals surface area contributed by atoms with E-state index < -0.39 is 12.2 Å². The van der Waals surface area contributed by atoms with Crippen molar-refractivity contribution in [1.82, 2.24) is 10.1 Å². The fraction of sp³-hybridized carbons (Fsp3) is 0.429. The SMILES string of the molecule is CCCC(O)c1noc(C(C)Oc2cccc(Cl)c2)n1. The molecule has 0 saturated carbocycles. The molecule has 1 aromatic heterocycles. The summed E-state index contributed by atoms with van der Waals surface area (Å²) in [5, 5.41) is 14.2. The first-order valence-corrected chi connectivity index (χ1v) is 6.91. The number of ether oxygens (including phenoxy) is 1. The lowest BCUT2D eigenvalue weighted by Crippen LogP contribution is -2.05. The van der Waals surface area contributed by atoms with E-state index >= 15 is 0 Å². The van der Waals surface area contributed by atoms with Gasteiger partial charge in [-0.2, -0.15) is 4.98 Å². The second-order valence-corrected chi connectivity index (χ2v) is 4.95. The number of rotatable bonds is 6. The standard InChI is InChI=1S/C14H17ClN2O3/c1-3-5-12(18)13-16-14(20-17-13)9(2)19-11-7-4-6-10(15)8-11/h4,6-9,12,18H,3,5H2,1-2H3. The third-order valence-electron chi connectivity index (χ3n) is 2.77. The molecule has 6 heteroatoms. The number of hydrogen-bond acceptors (Lipinski definition) is 5. The molecule has 0 bridgehead atoms. The van der Waals surface area contributed by atoms with Crippen LogP contribution < -0.4 is 4.74 Å². The van der Waals surface area contributed by atoms with E-state index in [0.29, 0.717) is 28.9 Å². The number of aliphatic hydroxyl groups excluding tert-OH is 1. The lowest BCUT2D eigenvalue weighted by molar-refractivity contribution is 0.151. The van der Waals surface area contributed by atoms with Crippen LogP contribution in [0.25, 0.3) is 0 Å². The van der Waals surface area contributed by atoms with Crippen molar-refractivity contribution in [2.24, 2.45) is 0 Å². The van der Waals surface area contributed by atoms with Gasteiger partial charge in [0.15, 0.2) is 11.9 Å². The number of aliphatic hydroxyl groups is 1. The van der Waals surface area contributed by atoms with Gasteiger partial charge >= 0.3 is 0 Å². The number of benzene rings is 1. The molecule has 1 N–H and O–H groups in total. The van der Waals surface area contributed by atoms with Crippen molar-refractivity contribution in [2.45, 2.75) is 38.9 Å². The molecule has 5 nitrogen and oxygen atoms in total. The van der Waals surface area contributed by atoms with Crippen molar-refractivity contribution < 1.29 is 14.4 Å². The first-order valence-electron chi connectivity index (χ1n) is 6.54. The van der Waals surface area contributed by atoms with Crippen LogP contribution in [0.15, 0.2) is 28.8 Å². The normalized spacial score (nSPS) is 14.0. The summed E-state index contributed by atoms with van der Waals surface area (Å²) in [6.45, 7) is 3.78. The molecule has 20 heavy (non-hydrogen) atoms. The number of hydrogen-bond donors (Lipinski definition) is 1. The van der Waals surface area contributed by atoms with Gasteiger partial charge in [-0.15, -0.1) is 0 Å². The van der Waals surface area contributed by atoms with E-state index in [1.807, 2.05) is 6.92 Å². The highest BCUT2D eigenvalue weighted by atomic mass is 35.5. The smallest absolute Gasteiger partial charge is 0.267 e. The van der Waals surface area contributed by atoms with Crippen LogP contribution in [0.5, 0.6) is 5.75 Å². The zero-order valence-electron chi connectivity index (χ0n) is 11.4. The minimum Gasteiger partial charge on any atom is -0.481 e. The van der Waals surface area contributed by atoms with Gasteiger partial charge in [-0.05, 0) is 31.5 Å². The molecule has 1 aromatic carbocycles. The zero-order chi connectivity index (χ0) is 14.5. The minimum atomic E-state index is -0.698. The van der Waals surface area contributed by atoms with Crippen LogP contribution in [0.2, 0.25) is 5.02 Å². The largest absolute Gasteiger partial charge is 0.481 e. The van der Waals surface area contributed by atoms with Crippen molar-refractivity contribution in [1.29, 1.82) is 0 Å². The molecule has 0 spiro atoms. The van der Waals surface area contributed by atoms with Gasteiger partial charge in [-0.3, -0.25) is 0 Å². The molecule has 2 rings (SSSR count). The minimum absolute atomic E-state index is 0.295. The summed E-state index contributed by atoms with van der Waals surface area (Å²) in [5.74, 6) is 1.25. The van der Waals surface area contributed by atoms with E-state index in [4.69, 9.17) is 20.9 Å². The molecule has 0 aliphatic rings. The molecule has 2 atom stereocenters. The molecule has 0 amide bonds. The van der Waals surface area contributed by atoms with Crippen LogP contribution >= 0.6 is 11.6 Å². The Morgan fingerprint density at radius 3 is 2.95 bits per heavy atom. The van der Waals surface area contributed by atoms with E-state index in [1.165, 1.54) is 0 Å².